The van der Waals surface area contributed by atoms with E-state index in [9.17, 15) is 4.79 Å². The molecular formula is C23H23ClN6O3. The van der Waals surface area contributed by atoms with E-state index in [1.807, 2.05) is 24.0 Å². The third-order valence-corrected chi connectivity index (χ3v) is 6.44. The molecule has 2 aromatic carbocycles. The summed E-state index contributed by atoms with van der Waals surface area (Å²) in [6, 6.07) is 8.82. The predicted molar refractivity (Wildman–Crippen MR) is 123 cm³/mol. The molecule has 1 amide bonds. The fraction of sp³-hybridized carbons (Fsp3) is 0.304. The van der Waals surface area contributed by atoms with Gasteiger partial charge in [0, 0.05) is 23.7 Å². The van der Waals surface area contributed by atoms with Crippen molar-refractivity contribution in [3.8, 4) is 17.2 Å². The number of nitrogens with zero attached hydrogens (tertiary/aromatic N) is 5. The molecule has 0 spiro atoms. The number of H-pyrrole nitrogens is 1. The summed E-state index contributed by atoms with van der Waals surface area (Å²) in [4.78, 5) is 25.3. The lowest BCUT2D eigenvalue weighted by molar-refractivity contribution is 0.0605. The number of fused-ring (bicyclic) bond motifs is 1. The number of nitrogens with one attached hydrogen (secondary N) is 1. The van der Waals surface area contributed by atoms with E-state index in [2.05, 4.69) is 15.2 Å². The molecule has 1 saturated heterocycles. The molecule has 4 aromatic rings. The number of aromatic amines is 1. The van der Waals surface area contributed by atoms with Gasteiger partial charge in [0.05, 0.1) is 54.4 Å². The van der Waals surface area contributed by atoms with E-state index >= 15 is 0 Å². The highest BCUT2D eigenvalue weighted by Crippen LogP contribution is 2.40. The van der Waals surface area contributed by atoms with Crippen molar-refractivity contribution in [2.45, 2.75) is 25.3 Å². The lowest BCUT2D eigenvalue weighted by atomic mass is 9.97. The molecule has 1 fully saturated rings. The van der Waals surface area contributed by atoms with Crippen molar-refractivity contribution in [3.63, 3.8) is 0 Å². The zero-order valence-corrected chi connectivity index (χ0v) is 19.3. The third kappa shape index (κ3) is 3.48. The van der Waals surface area contributed by atoms with Gasteiger partial charge in [-0.05, 0) is 38.0 Å². The van der Waals surface area contributed by atoms with Crippen molar-refractivity contribution in [1.29, 1.82) is 0 Å². The lowest BCUT2D eigenvalue weighted by Gasteiger charge is -2.34. The number of ether oxygens (including phenoxy) is 2. The van der Waals surface area contributed by atoms with Gasteiger partial charge in [0.2, 0.25) is 0 Å². The molecule has 1 aliphatic heterocycles. The summed E-state index contributed by atoms with van der Waals surface area (Å²) < 4.78 is 10.8. The Morgan fingerprint density at radius 1 is 1.12 bits per heavy atom. The van der Waals surface area contributed by atoms with Crippen LogP contribution in [0.15, 0.2) is 42.7 Å². The second kappa shape index (κ2) is 8.08. The molecule has 0 saturated carbocycles. The maximum absolute atomic E-state index is 13.8. The van der Waals surface area contributed by atoms with Crippen LogP contribution in [0.5, 0.6) is 11.5 Å². The van der Waals surface area contributed by atoms with Crippen molar-refractivity contribution in [1.82, 2.24) is 29.9 Å². The van der Waals surface area contributed by atoms with E-state index in [0.29, 0.717) is 40.1 Å². The molecule has 0 radical (unpaired) electrons. The predicted octanol–water partition coefficient (Wildman–Crippen LogP) is 3.97. The average molecular weight is 467 g/mol. The third-order valence-electron chi connectivity index (χ3n) is 6.21. The Kier molecular flexibility index (Phi) is 5.20. The van der Waals surface area contributed by atoms with Gasteiger partial charge >= 0.3 is 0 Å². The summed E-state index contributed by atoms with van der Waals surface area (Å²) in [6.45, 7) is 2.62. The Morgan fingerprint density at radius 3 is 2.58 bits per heavy atom. The number of carbonyl (C=O) groups excluding carboxylic acids is 1. The highest BCUT2D eigenvalue weighted by Gasteiger charge is 2.44. The molecule has 1 aliphatic rings. The van der Waals surface area contributed by atoms with Crippen molar-refractivity contribution in [2.24, 2.45) is 0 Å². The zero-order chi connectivity index (χ0) is 23.2. The first-order valence-electron chi connectivity index (χ1n) is 10.5. The SMILES string of the molecule is COc1cc2nc(C3(C)CCCN3C(=O)c3cc(Cl)ccc3-n3nccn3)[nH]c2cc1OC. The monoisotopic (exact) mass is 466 g/mol. The number of amides is 1. The number of benzene rings is 2. The number of hydrogen-bond acceptors (Lipinski definition) is 6. The van der Waals surface area contributed by atoms with E-state index in [1.54, 1.807) is 44.8 Å². The van der Waals surface area contributed by atoms with Crippen molar-refractivity contribution in [2.75, 3.05) is 20.8 Å². The highest BCUT2D eigenvalue weighted by molar-refractivity contribution is 6.31. The van der Waals surface area contributed by atoms with Crippen molar-refractivity contribution in [3.05, 3.63) is 59.1 Å². The number of imidazole rings is 1. The second-order valence-electron chi connectivity index (χ2n) is 8.12. The lowest BCUT2D eigenvalue weighted by Crippen LogP contribution is -2.44. The van der Waals surface area contributed by atoms with Crippen LogP contribution in [0.25, 0.3) is 16.7 Å². The minimum atomic E-state index is -0.631. The van der Waals surface area contributed by atoms with Crippen molar-refractivity contribution >= 4 is 28.5 Å². The van der Waals surface area contributed by atoms with Crippen molar-refractivity contribution < 1.29 is 14.3 Å². The number of rotatable bonds is 5. The minimum absolute atomic E-state index is 0.152. The van der Waals surface area contributed by atoms with Crippen LogP contribution in [0.2, 0.25) is 5.02 Å². The topological polar surface area (TPSA) is 98.2 Å². The molecule has 9 nitrogen and oxygen atoms in total. The van der Waals surface area contributed by atoms with Crippen LogP contribution < -0.4 is 9.47 Å². The molecule has 170 valence electrons. The van der Waals surface area contributed by atoms with Crippen LogP contribution in [0.4, 0.5) is 0 Å². The first kappa shape index (κ1) is 21.3. The first-order valence-corrected chi connectivity index (χ1v) is 10.9. The summed E-state index contributed by atoms with van der Waals surface area (Å²) in [5, 5.41) is 8.85. The number of aromatic nitrogens is 5. The Balaban J connectivity index is 1.57. The molecule has 33 heavy (non-hydrogen) atoms. The van der Waals surface area contributed by atoms with Gasteiger partial charge in [-0.1, -0.05) is 11.6 Å². The van der Waals surface area contributed by atoms with Crippen LogP contribution in [-0.2, 0) is 5.54 Å². The molecular weight excluding hydrogens is 444 g/mol. The molecule has 2 aromatic heterocycles. The number of carbonyl (C=O) groups is 1. The quantitative estimate of drug-likeness (QED) is 0.478. The smallest absolute Gasteiger partial charge is 0.256 e. The maximum Gasteiger partial charge on any atom is 0.256 e. The number of halogens is 1. The molecule has 10 heteroatoms. The van der Waals surface area contributed by atoms with Gasteiger partial charge in [0.15, 0.2) is 11.5 Å². The summed E-state index contributed by atoms with van der Waals surface area (Å²) in [5.74, 6) is 1.77. The Bertz CT molecular complexity index is 1290. The van der Waals surface area contributed by atoms with Crippen LogP contribution in [0.1, 0.15) is 35.9 Å². The van der Waals surface area contributed by atoms with E-state index < -0.39 is 5.54 Å². The highest BCUT2D eigenvalue weighted by atomic mass is 35.5. The second-order valence-corrected chi connectivity index (χ2v) is 8.56. The average Bonchev–Trinajstić information content (AvgIpc) is 3.57. The Hall–Kier alpha value is -3.59. The molecule has 1 N–H and O–H groups in total. The molecule has 0 bridgehead atoms. The van der Waals surface area contributed by atoms with E-state index in [1.165, 1.54) is 4.80 Å². The number of likely N-dealkylation sites (tertiary alicyclic amines) is 1. The Labute approximate surface area is 195 Å². The fourth-order valence-corrected chi connectivity index (χ4v) is 4.64. The standard InChI is InChI=1S/C23H23ClN6O3/c1-23(22-27-16-12-19(32-2)20(33-3)13-17(16)28-22)7-4-10-29(23)21(31)15-11-14(24)5-6-18(15)30-25-8-9-26-30/h5-6,8-9,11-13H,4,7,10H2,1-3H3,(H,27,28). The summed E-state index contributed by atoms with van der Waals surface area (Å²) in [6.07, 6.45) is 4.75. The van der Waals surface area contributed by atoms with Gasteiger partial charge < -0.3 is 19.4 Å². The van der Waals surface area contributed by atoms with Crippen LogP contribution in [0, 0.1) is 0 Å². The summed E-state index contributed by atoms with van der Waals surface area (Å²) >= 11 is 6.26. The molecule has 1 unspecified atom stereocenters. The van der Waals surface area contributed by atoms with Gasteiger partial charge in [-0.15, -0.1) is 0 Å². The van der Waals surface area contributed by atoms with Crippen LogP contribution >= 0.6 is 11.6 Å². The van der Waals surface area contributed by atoms with Crippen LogP contribution in [-0.4, -0.2) is 56.5 Å². The van der Waals surface area contributed by atoms with E-state index in [-0.39, 0.29) is 5.91 Å². The fourth-order valence-electron chi connectivity index (χ4n) is 4.47. The maximum atomic E-state index is 13.8. The van der Waals surface area contributed by atoms with Gasteiger partial charge in [0.25, 0.3) is 5.91 Å². The molecule has 0 aliphatic carbocycles. The molecule has 5 rings (SSSR count). The Morgan fingerprint density at radius 2 is 1.85 bits per heavy atom. The van der Waals surface area contributed by atoms with Crippen LogP contribution in [0.3, 0.4) is 0 Å². The number of methoxy groups -OCH3 is 2. The largest absolute Gasteiger partial charge is 0.493 e. The van der Waals surface area contributed by atoms with Gasteiger partial charge in [-0.2, -0.15) is 15.0 Å². The zero-order valence-electron chi connectivity index (χ0n) is 18.5. The van der Waals surface area contributed by atoms with E-state index in [4.69, 9.17) is 26.1 Å². The number of hydrogen-bond donors (Lipinski definition) is 1. The normalized spacial score (nSPS) is 18.1. The summed E-state index contributed by atoms with van der Waals surface area (Å²) in [5.41, 5.74) is 1.93. The van der Waals surface area contributed by atoms with Gasteiger partial charge in [0.1, 0.15) is 5.82 Å². The first-order chi connectivity index (χ1) is 15.9. The van der Waals surface area contributed by atoms with Gasteiger partial charge in [-0.25, -0.2) is 4.98 Å². The minimum Gasteiger partial charge on any atom is -0.493 e. The summed E-state index contributed by atoms with van der Waals surface area (Å²) in [7, 11) is 3.18. The molecule has 3 heterocycles. The van der Waals surface area contributed by atoms with Gasteiger partial charge in [-0.3, -0.25) is 4.79 Å². The van der Waals surface area contributed by atoms with E-state index in [0.717, 1.165) is 23.9 Å². The molecule has 1 atom stereocenters.